The summed E-state index contributed by atoms with van der Waals surface area (Å²) in [4.78, 5) is 2.67. The molecule has 0 aromatic heterocycles. The molecule has 0 aromatic rings. The van der Waals surface area contributed by atoms with Crippen LogP contribution in [0.15, 0.2) is 0 Å². The SMILES string of the molecule is CCCN(CC1(CO)CCCCCC1)C1CC1. The van der Waals surface area contributed by atoms with Crippen molar-refractivity contribution in [1.82, 2.24) is 4.90 Å². The molecule has 0 atom stereocenters. The topological polar surface area (TPSA) is 23.5 Å². The van der Waals surface area contributed by atoms with Crippen LogP contribution in [0.4, 0.5) is 0 Å². The van der Waals surface area contributed by atoms with Crippen LogP contribution in [-0.4, -0.2) is 35.7 Å². The van der Waals surface area contributed by atoms with Gasteiger partial charge < -0.3 is 5.11 Å². The Hall–Kier alpha value is -0.0800. The highest BCUT2D eigenvalue weighted by Gasteiger charge is 2.37. The maximum Gasteiger partial charge on any atom is 0.0499 e. The standard InChI is InChI=1S/C15H29NO/c1-2-11-16(14-7-8-14)12-15(13-17)9-5-3-4-6-10-15/h14,17H,2-13H2,1H3. The van der Waals surface area contributed by atoms with Crippen LogP contribution in [0.1, 0.15) is 64.7 Å². The van der Waals surface area contributed by atoms with Gasteiger partial charge in [0.1, 0.15) is 0 Å². The minimum absolute atomic E-state index is 0.230. The molecule has 0 bridgehead atoms. The fraction of sp³-hybridized carbons (Fsp3) is 1.00. The molecule has 0 heterocycles. The second-order valence-electron chi connectivity index (χ2n) is 6.27. The van der Waals surface area contributed by atoms with Crippen LogP contribution < -0.4 is 0 Å². The molecular formula is C15H29NO. The maximum absolute atomic E-state index is 9.86. The molecule has 2 heteroatoms. The quantitative estimate of drug-likeness (QED) is 0.720. The van der Waals surface area contributed by atoms with Crippen LogP contribution in [0.2, 0.25) is 0 Å². The van der Waals surface area contributed by atoms with E-state index in [1.54, 1.807) is 0 Å². The average Bonchev–Trinajstić information content (AvgIpc) is 3.16. The number of nitrogens with zero attached hydrogens (tertiary/aromatic N) is 1. The van der Waals surface area contributed by atoms with Gasteiger partial charge in [-0.1, -0.05) is 32.6 Å². The molecule has 2 saturated carbocycles. The van der Waals surface area contributed by atoms with Gasteiger partial charge >= 0.3 is 0 Å². The zero-order chi connectivity index (χ0) is 12.1. The van der Waals surface area contributed by atoms with Crippen LogP contribution in [0.25, 0.3) is 0 Å². The van der Waals surface area contributed by atoms with Crippen LogP contribution in [0.5, 0.6) is 0 Å². The first-order chi connectivity index (χ1) is 8.29. The third kappa shape index (κ3) is 3.69. The van der Waals surface area contributed by atoms with E-state index in [0.717, 1.165) is 12.6 Å². The van der Waals surface area contributed by atoms with E-state index in [2.05, 4.69) is 11.8 Å². The maximum atomic E-state index is 9.86. The van der Waals surface area contributed by atoms with Crippen molar-refractivity contribution in [3.63, 3.8) is 0 Å². The van der Waals surface area contributed by atoms with Gasteiger partial charge in [0.05, 0.1) is 0 Å². The normalized spacial score (nSPS) is 24.9. The van der Waals surface area contributed by atoms with Crippen molar-refractivity contribution in [2.75, 3.05) is 19.7 Å². The molecule has 0 saturated heterocycles. The first kappa shape index (κ1) is 13.4. The summed E-state index contributed by atoms with van der Waals surface area (Å²) in [5, 5.41) is 9.86. The van der Waals surface area contributed by atoms with E-state index in [-0.39, 0.29) is 5.41 Å². The van der Waals surface area contributed by atoms with E-state index in [9.17, 15) is 5.11 Å². The Balaban J connectivity index is 1.94. The zero-order valence-electron chi connectivity index (χ0n) is 11.5. The summed E-state index contributed by atoms with van der Waals surface area (Å²) in [5.74, 6) is 0. The first-order valence-electron chi connectivity index (χ1n) is 7.64. The molecule has 0 radical (unpaired) electrons. The first-order valence-corrected chi connectivity index (χ1v) is 7.64. The molecule has 2 aliphatic rings. The van der Waals surface area contributed by atoms with E-state index in [1.807, 2.05) is 0 Å². The van der Waals surface area contributed by atoms with Gasteiger partial charge in [0.15, 0.2) is 0 Å². The van der Waals surface area contributed by atoms with Crippen molar-refractivity contribution in [2.24, 2.45) is 5.41 Å². The van der Waals surface area contributed by atoms with E-state index in [0.29, 0.717) is 6.61 Å². The van der Waals surface area contributed by atoms with Gasteiger partial charge in [-0.2, -0.15) is 0 Å². The van der Waals surface area contributed by atoms with E-state index < -0.39 is 0 Å². The van der Waals surface area contributed by atoms with Crippen molar-refractivity contribution in [3.8, 4) is 0 Å². The Labute approximate surface area is 106 Å². The van der Waals surface area contributed by atoms with E-state index in [1.165, 1.54) is 64.3 Å². The van der Waals surface area contributed by atoms with Gasteiger partial charge in [-0.15, -0.1) is 0 Å². The van der Waals surface area contributed by atoms with Gasteiger partial charge in [-0.05, 0) is 38.6 Å². The molecule has 100 valence electrons. The fourth-order valence-corrected chi connectivity index (χ4v) is 3.39. The van der Waals surface area contributed by atoms with Gasteiger partial charge in [0.25, 0.3) is 0 Å². The lowest BCUT2D eigenvalue weighted by Crippen LogP contribution is -2.41. The number of rotatable bonds is 6. The molecule has 0 amide bonds. The highest BCUT2D eigenvalue weighted by molar-refractivity contribution is 4.91. The van der Waals surface area contributed by atoms with Gasteiger partial charge in [-0.3, -0.25) is 4.90 Å². The summed E-state index contributed by atoms with van der Waals surface area (Å²) in [6, 6.07) is 0.849. The summed E-state index contributed by atoms with van der Waals surface area (Å²) in [6.45, 7) is 5.06. The fourth-order valence-electron chi connectivity index (χ4n) is 3.39. The average molecular weight is 239 g/mol. The number of hydrogen-bond donors (Lipinski definition) is 1. The van der Waals surface area contributed by atoms with Crippen LogP contribution in [-0.2, 0) is 0 Å². The van der Waals surface area contributed by atoms with E-state index in [4.69, 9.17) is 0 Å². The van der Waals surface area contributed by atoms with Crippen molar-refractivity contribution < 1.29 is 5.11 Å². The Morgan fingerprint density at radius 1 is 1.12 bits per heavy atom. The molecule has 0 aromatic carbocycles. The minimum atomic E-state index is 0.230. The van der Waals surface area contributed by atoms with Crippen LogP contribution >= 0.6 is 0 Å². The number of aliphatic hydroxyl groups excluding tert-OH is 1. The molecule has 0 spiro atoms. The molecule has 2 nitrogen and oxygen atoms in total. The van der Waals surface area contributed by atoms with Crippen molar-refractivity contribution >= 4 is 0 Å². The molecule has 2 rings (SSSR count). The number of aliphatic hydroxyl groups is 1. The summed E-state index contributed by atoms with van der Waals surface area (Å²) in [6.07, 6.45) is 11.9. The lowest BCUT2D eigenvalue weighted by atomic mass is 9.80. The summed E-state index contributed by atoms with van der Waals surface area (Å²) in [5.41, 5.74) is 0.230. The lowest BCUT2D eigenvalue weighted by molar-refractivity contribution is 0.0560. The molecular weight excluding hydrogens is 210 g/mol. The third-order valence-corrected chi connectivity index (χ3v) is 4.61. The predicted octanol–water partition coefficient (Wildman–Crippen LogP) is 3.19. The smallest absolute Gasteiger partial charge is 0.0499 e. The monoisotopic (exact) mass is 239 g/mol. The predicted molar refractivity (Wildman–Crippen MR) is 72.1 cm³/mol. The largest absolute Gasteiger partial charge is 0.396 e. The van der Waals surface area contributed by atoms with Crippen molar-refractivity contribution in [1.29, 1.82) is 0 Å². The summed E-state index contributed by atoms with van der Waals surface area (Å²) in [7, 11) is 0. The molecule has 0 aliphatic heterocycles. The highest BCUT2D eigenvalue weighted by Crippen LogP contribution is 2.38. The van der Waals surface area contributed by atoms with Gasteiger partial charge in [0, 0.05) is 24.6 Å². The minimum Gasteiger partial charge on any atom is -0.396 e. The highest BCUT2D eigenvalue weighted by atomic mass is 16.3. The molecule has 2 aliphatic carbocycles. The Morgan fingerprint density at radius 2 is 1.76 bits per heavy atom. The second kappa shape index (κ2) is 6.19. The van der Waals surface area contributed by atoms with Crippen LogP contribution in [0, 0.1) is 5.41 Å². The zero-order valence-corrected chi connectivity index (χ0v) is 11.5. The lowest BCUT2D eigenvalue weighted by Gasteiger charge is -2.36. The third-order valence-electron chi connectivity index (χ3n) is 4.61. The Kier molecular flexibility index (Phi) is 4.87. The molecule has 17 heavy (non-hydrogen) atoms. The summed E-state index contributed by atoms with van der Waals surface area (Å²) >= 11 is 0. The molecule has 0 unspecified atom stereocenters. The molecule has 1 N–H and O–H groups in total. The van der Waals surface area contributed by atoms with E-state index >= 15 is 0 Å². The van der Waals surface area contributed by atoms with Gasteiger partial charge in [0.2, 0.25) is 0 Å². The Morgan fingerprint density at radius 3 is 2.24 bits per heavy atom. The van der Waals surface area contributed by atoms with Gasteiger partial charge in [-0.25, -0.2) is 0 Å². The van der Waals surface area contributed by atoms with Crippen molar-refractivity contribution in [2.45, 2.75) is 70.8 Å². The molecule has 2 fully saturated rings. The van der Waals surface area contributed by atoms with Crippen molar-refractivity contribution in [3.05, 3.63) is 0 Å². The van der Waals surface area contributed by atoms with Crippen LogP contribution in [0.3, 0.4) is 0 Å². The Bertz CT molecular complexity index is 217. The second-order valence-corrected chi connectivity index (χ2v) is 6.27. The number of hydrogen-bond acceptors (Lipinski definition) is 2. The summed E-state index contributed by atoms with van der Waals surface area (Å²) < 4.78 is 0.